The monoisotopic (exact) mass is 474 g/mol. The Morgan fingerprint density at radius 3 is 2.23 bits per heavy atom. The molecule has 2 N–H and O–H groups in total. The number of nitrogens with zero attached hydrogens (tertiary/aromatic N) is 2. The quantitative estimate of drug-likeness (QED) is 0.195. The Kier molecular flexibility index (Phi) is 7.49. The number of amides is 2. The van der Waals surface area contributed by atoms with E-state index in [0.717, 1.165) is 31.8 Å². The van der Waals surface area contributed by atoms with Gasteiger partial charge in [-0.2, -0.15) is 0 Å². The predicted octanol–water partition coefficient (Wildman–Crippen LogP) is 2.01. The van der Waals surface area contributed by atoms with Crippen LogP contribution in [0.2, 0.25) is 0 Å². The van der Waals surface area contributed by atoms with E-state index >= 15 is 0 Å². The minimum absolute atomic E-state index is 0. The molecular weight excluding hydrogens is 443 g/mol. The first kappa shape index (κ1) is 21.2. The van der Waals surface area contributed by atoms with E-state index in [9.17, 15) is 9.59 Å². The van der Waals surface area contributed by atoms with Crippen molar-refractivity contribution in [1.29, 1.82) is 0 Å². The minimum atomic E-state index is -0.102. The van der Waals surface area contributed by atoms with Gasteiger partial charge < -0.3 is 10.6 Å². The van der Waals surface area contributed by atoms with Gasteiger partial charge in [-0.25, -0.2) is 0 Å². The number of allylic oxidation sites excluding steroid dienone is 2. The zero-order valence-corrected chi connectivity index (χ0v) is 18.2. The van der Waals surface area contributed by atoms with Gasteiger partial charge in [-0.05, 0) is 24.2 Å². The molecule has 146 valence electrons. The molecule has 2 amide bonds. The molecule has 1 heterocycles. The average molecular weight is 474 g/mol. The van der Waals surface area contributed by atoms with Crippen LogP contribution in [0.1, 0.15) is 33.1 Å². The van der Waals surface area contributed by atoms with Gasteiger partial charge in [-0.3, -0.25) is 19.5 Å². The molecule has 2 aliphatic carbocycles. The van der Waals surface area contributed by atoms with Gasteiger partial charge in [-0.1, -0.05) is 38.8 Å². The van der Waals surface area contributed by atoms with Crippen LogP contribution in [-0.4, -0.2) is 49.4 Å². The maximum absolute atomic E-state index is 12.6. The zero-order valence-electron chi connectivity index (χ0n) is 15.9. The summed E-state index contributed by atoms with van der Waals surface area (Å²) in [6.45, 7) is 6.20. The SMILES string of the molecule is CCC(CC)CNC(=NC)NCCN1C(=O)C2C3C=CC(C3)C2C1=O.I. The van der Waals surface area contributed by atoms with Crippen molar-refractivity contribution in [3.8, 4) is 0 Å². The molecule has 7 heteroatoms. The van der Waals surface area contributed by atoms with E-state index < -0.39 is 0 Å². The summed E-state index contributed by atoms with van der Waals surface area (Å²) in [6, 6.07) is 0. The van der Waals surface area contributed by atoms with E-state index in [-0.39, 0.29) is 59.5 Å². The Morgan fingerprint density at radius 1 is 1.15 bits per heavy atom. The van der Waals surface area contributed by atoms with E-state index in [1.165, 1.54) is 4.90 Å². The zero-order chi connectivity index (χ0) is 18.0. The number of rotatable bonds is 7. The molecule has 1 saturated heterocycles. The highest BCUT2D eigenvalue weighted by Gasteiger charge is 2.58. The molecule has 0 aromatic heterocycles. The molecule has 3 aliphatic rings. The van der Waals surface area contributed by atoms with Crippen LogP contribution < -0.4 is 10.6 Å². The molecular formula is C19H31IN4O2. The Morgan fingerprint density at radius 2 is 1.73 bits per heavy atom. The lowest BCUT2D eigenvalue weighted by atomic mass is 9.85. The second kappa shape index (κ2) is 9.19. The summed E-state index contributed by atoms with van der Waals surface area (Å²) in [5, 5.41) is 6.55. The van der Waals surface area contributed by atoms with Crippen LogP contribution in [0.4, 0.5) is 0 Å². The summed E-state index contributed by atoms with van der Waals surface area (Å²) in [5.74, 6) is 1.75. The van der Waals surface area contributed by atoms with Crippen LogP contribution in [0, 0.1) is 29.6 Å². The number of carbonyl (C=O) groups excluding carboxylic acids is 2. The summed E-state index contributed by atoms with van der Waals surface area (Å²) in [6.07, 6.45) is 7.50. The van der Waals surface area contributed by atoms with E-state index in [1.54, 1.807) is 7.05 Å². The molecule has 1 aliphatic heterocycles. The summed E-state index contributed by atoms with van der Waals surface area (Å²) in [4.78, 5) is 30.9. The topological polar surface area (TPSA) is 73.8 Å². The lowest BCUT2D eigenvalue weighted by Gasteiger charge is -2.20. The fraction of sp³-hybridized carbons (Fsp3) is 0.737. The van der Waals surface area contributed by atoms with Crippen molar-refractivity contribution in [1.82, 2.24) is 15.5 Å². The Labute approximate surface area is 173 Å². The van der Waals surface area contributed by atoms with Gasteiger partial charge in [0.15, 0.2) is 5.96 Å². The van der Waals surface area contributed by atoms with Crippen LogP contribution in [0.15, 0.2) is 17.1 Å². The predicted molar refractivity (Wildman–Crippen MR) is 113 cm³/mol. The van der Waals surface area contributed by atoms with Gasteiger partial charge in [0.2, 0.25) is 11.8 Å². The number of guanidine groups is 1. The molecule has 2 bridgehead atoms. The molecule has 1 saturated carbocycles. The molecule has 3 rings (SSSR count). The standard InChI is InChI=1S/C19H30N4O2.HI/c1-4-12(5-2)11-22-19(20-3)21-8-9-23-17(24)15-13-6-7-14(10-13)16(15)18(23)25;/h6-7,12-16H,4-5,8-11H2,1-3H3,(H2,20,21,22);1H. The highest BCUT2D eigenvalue weighted by Crippen LogP contribution is 2.52. The van der Waals surface area contributed by atoms with Gasteiger partial charge >= 0.3 is 0 Å². The summed E-state index contributed by atoms with van der Waals surface area (Å²) in [5.41, 5.74) is 0. The first-order valence-corrected chi connectivity index (χ1v) is 9.58. The van der Waals surface area contributed by atoms with Crippen molar-refractivity contribution in [2.45, 2.75) is 33.1 Å². The van der Waals surface area contributed by atoms with E-state index in [2.05, 4.69) is 41.6 Å². The molecule has 0 aromatic carbocycles. The average Bonchev–Trinajstić information content (AvgIpc) is 3.30. The number of halogens is 1. The summed E-state index contributed by atoms with van der Waals surface area (Å²) >= 11 is 0. The number of aliphatic imine (C=N–C) groups is 1. The molecule has 0 aromatic rings. The van der Waals surface area contributed by atoms with Gasteiger partial charge in [-0.15, -0.1) is 24.0 Å². The van der Waals surface area contributed by atoms with Crippen molar-refractivity contribution in [2.75, 3.05) is 26.7 Å². The minimum Gasteiger partial charge on any atom is -0.356 e. The number of fused-ring (bicyclic) bond motifs is 5. The number of hydrogen-bond acceptors (Lipinski definition) is 3. The third kappa shape index (κ3) is 3.92. The molecule has 4 atom stereocenters. The van der Waals surface area contributed by atoms with Crippen molar-refractivity contribution in [2.24, 2.45) is 34.6 Å². The van der Waals surface area contributed by atoms with Crippen LogP contribution in [0.5, 0.6) is 0 Å². The van der Waals surface area contributed by atoms with Gasteiger partial charge in [0, 0.05) is 26.7 Å². The molecule has 0 spiro atoms. The third-order valence-electron chi connectivity index (χ3n) is 6.13. The largest absolute Gasteiger partial charge is 0.356 e. The lowest BCUT2D eigenvalue weighted by Crippen LogP contribution is -2.44. The molecule has 4 unspecified atom stereocenters. The maximum atomic E-state index is 12.6. The normalized spacial score (nSPS) is 29.4. The van der Waals surface area contributed by atoms with Crippen LogP contribution in [0.3, 0.4) is 0 Å². The number of hydrogen-bond donors (Lipinski definition) is 2. The first-order chi connectivity index (χ1) is 12.1. The fourth-order valence-electron chi connectivity index (χ4n) is 4.51. The van der Waals surface area contributed by atoms with E-state index in [0.29, 0.717) is 19.0 Å². The van der Waals surface area contributed by atoms with Gasteiger partial charge in [0.1, 0.15) is 0 Å². The van der Waals surface area contributed by atoms with Crippen molar-refractivity contribution >= 4 is 41.8 Å². The fourth-order valence-corrected chi connectivity index (χ4v) is 4.51. The number of nitrogens with one attached hydrogen (secondary N) is 2. The van der Waals surface area contributed by atoms with Crippen molar-refractivity contribution < 1.29 is 9.59 Å². The first-order valence-electron chi connectivity index (χ1n) is 9.58. The Balaban J connectivity index is 0.00000243. The molecule has 26 heavy (non-hydrogen) atoms. The Bertz CT molecular complexity index is 558. The van der Waals surface area contributed by atoms with E-state index in [1.807, 2.05) is 0 Å². The molecule has 0 radical (unpaired) electrons. The number of carbonyl (C=O) groups is 2. The smallest absolute Gasteiger partial charge is 0.233 e. The van der Waals surface area contributed by atoms with Crippen LogP contribution in [-0.2, 0) is 9.59 Å². The molecule has 2 fully saturated rings. The number of likely N-dealkylation sites (tertiary alicyclic amines) is 1. The van der Waals surface area contributed by atoms with Crippen molar-refractivity contribution in [3.63, 3.8) is 0 Å². The Hall–Kier alpha value is -1.12. The van der Waals surface area contributed by atoms with Crippen molar-refractivity contribution in [3.05, 3.63) is 12.2 Å². The summed E-state index contributed by atoms with van der Waals surface area (Å²) in [7, 11) is 1.74. The second-order valence-corrected chi connectivity index (χ2v) is 7.39. The van der Waals surface area contributed by atoms with Crippen LogP contribution in [0.25, 0.3) is 0 Å². The molecule has 6 nitrogen and oxygen atoms in total. The van der Waals surface area contributed by atoms with Crippen LogP contribution >= 0.6 is 24.0 Å². The lowest BCUT2D eigenvalue weighted by molar-refractivity contribution is -0.140. The van der Waals surface area contributed by atoms with Gasteiger partial charge in [0.25, 0.3) is 0 Å². The number of imide groups is 1. The maximum Gasteiger partial charge on any atom is 0.233 e. The van der Waals surface area contributed by atoms with E-state index in [4.69, 9.17) is 0 Å². The third-order valence-corrected chi connectivity index (χ3v) is 6.13. The second-order valence-electron chi connectivity index (χ2n) is 7.39. The summed E-state index contributed by atoms with van der Waals surface area (Å²) < 4.78 is 0. The highest BCUT2D eigenvalue weighted by atomic mass is 127. The highest BCUT2D eigenvalue weighted by molar-refractivity contribution is 14.0. The van der Waals surface area contributed by atoms with Gasteiger partial charge in [0.05, 0.1) is 11.8 Å².